The van der Waals surface area contributed by atoms with Crippen LogP contribution in [0.2, 0.25) is 10.2 Å². The van der Waals surface area contributed by atoms with Gasteiger partial charge in [0.2, 0.25) is 0 Å². The molecular weight excluding hydrogens is 363 g/mol. The van der Waals surface area contributed by atoms with Gasteiger partial charge in [0.05, 0.1) is 16.3 Å². The first-order chi connectivity index (χ1) is 9.38. The van der Waals surface area contributed by atoms with Gasteiger partial charge in [-0.1, -0.05) is 29.3 Å². The summed E-state index contributed by atoms with van der Waals surface area (Å²) in [5.41, 5.74) is 3.17. The van der Waals surface area contributed by atoms with Gasteiger partial charge in [-0.2, -0.15) is 0 Å². The minimum atomic E-state index is -0.288. The lowest BCUT2D eigenvalue weighted by Crippen LogP contribution is -2.13. The van der Waals surface area contributed by atoms with Crippen molar-refractivity contribution in [2.75, 3.05) is 5.32 Å². The molecule has 2 aromatic rings. The molecule has 0 bridgehead atoms. The zero-order valence-electron chi connectivity index (χ0n) is 10.8. The average Bonchev–Trinajstić information content (AvgIpc) is 2.36. The molecule has 20 heavy (non-hydrogen) atoms. The molecule has 1 amide bonds. The highest BCUT2D eigenvalue weighted by Crippen LogP contribution is 2.28. The molecule has 0 aliphatic heterocycles. The second-order valence-electron chi connectivity index (χ2n) is 4.39. The third-order valence-corrected chi connectivity index (χ3v) is 4.04. The van der Waals surface area contributed by atoms with E-state index in [4.69, 9.17) is 23.2 Å². The molecule has 104 valence electrons. The largest absolute Gasteiger partial charge is 0.321 e. The molecule has 0 spiro atoms. The summed E-state index contributed by atoms with van der Waals surface area (Å²) in [4.78, 5) is 16.1. The van der Waals surface area contributed by atoms with Crippen LogP contribution < -0.4 is 5.32 Å². The molecule has 1 aromatic carbocycles. The van der Waals surface area contributed by atoms with Crippen molar-refractivity contribution >= 4 is 50.7 Å². The van der Waals surface area contributed by atoms with Crippen LogP contribution in [-0.4, -0.2) is 10.9 Å². The maximum atomic E-state index is 12.2. The SMILES string of the molecule is Cc1cc(C)c(NC(=O)c2cnc(Cl)c(Cl)c2)c(Br)c1. The topological polar surface area (TPSA) is 42.0 Å². The molecule has 0 aliphatic rings. The van der Waals surface area contributed by atoms with Gasteiger partial charge in [-0.3, -0.25) is 4.79 Å². The lowest BCUT2D eigenvalue weighted by Gasteiger charge is -2.12. The van der Waals surface area contributed by atoms with Crippen LogP contribution in [0.5, 0.6) is 0 Å². The van der Waals surface area contributed by atoms with Gasteiger partial charge in [0, 0.05) is 10.7 Å². The third kappa shape index (κ3) is 3.32. The van der Waals surface area contributed by atoms with Crippen molar-refractivity contribution in [3.8, 4) is 0 Å². The van der Waals surface area contributed by atoms with Gasteiger partial charge in [0.1, 0.15) is 5.15 Å². The van der Waals surface area contributed by atoms with Crippen LogP contribution in [0.4, 0.5) is 5.69 Å². The molecule has 0 fully saturated rings. The number of pyridine rings is 1. The number of nitrogens with one attached hydrogen (secondary N) is 1. The second kappa shape index (κ2) is 6.12. The molecule has 2 rings (SSSR count). The van der Waals surface area contributed by atoms with E-state index in [2.05, 4.69) is 26.2 Å². The predicted octanol–water partition coefficient (Wildman–Crippen LogP) is 5.02. The van der Waals surface area contributed by atoms with Gasteiger partial charge >= 0.3 is 0 Å². The summed E-state index contributed by atoms with van der Waals surface area (Å²) >= 11 is 15.0. The first kappa shape index (κ1) is 15.3. The summed E-state index contributed by atoms with van der Waals surface area (Å²) in [6.07, 6.45) is 1.39. The number of carbonyl (C=O) groups is 1. The normalized spacial score (nSPS) is 10.4. The summed E-state index contributed by atoms with van der Waals surface area (Å²) in [7, 11) is 0. The second-order valence-corrected chi connectivity index (χ2v) is 6.01. The van der Waals surface area contributed by atoms with Gasteiger partial charge in [-0.05, 0) is 53.0 Å². The molecule has 0 saturated heterocycles. The smallest absolute Gasteiger partial charge is 0.257 e. The van der Waals surface area contributed by atoms with Crippen LogP contribution >= 0.6 is 39.1 Å². The number of halogens is 3. The van der Waals surface area contributed by atoms with Crippen LogP contribution in [0.25, 0.3) is 0 Å². The first-order valence-electron chi connectivity index (χ1n) is 5.77. The molecule has 0 aliphatic carbocycles. The fourth-order valence-corrected chi connectivity index (χ4v) is 2.85. The number of anilines is 1. The molecule has 6 heteroatoms. The Kier molecular flexibility index (Phi) is 4.68. The molecule has 3 nitrogen and oxygen atoms in total. The number of nitrogens with zero attached hydrogens (tertiary/aromatic N) is 1. The highest BCUT2D eigenvalue weighted by atomic mass is 79.9. The quantitative estimate of drug-likeness (QED) is 0.751. The van der Waals surface area contributed by atoms with E-state index in [-0.39, 0.29) is 16.1 Å². The average molecular weight is 374 g/mol. The summed E-state index contributed by atoms with van der Waals surface area (Å²) in [5, 5.41) is 3.27. The number of amides is 1. The lowest BCUT2D eigenvalue weighted by molar-refractivity contribution is 0.102. The highest BCUT2D eigenvalue weighted by molar-refractivity contribution is 9.10. The Morgan fingerprint density at radius 2 is 1.95 bits per heavy atom. The molecule has 1 N–H and O–H groups in total. The molecule has 0 atom stereocenters. The summed E-state index contributed by atoms with van der Waals surface area (Å²) in [6, 6.07) is 5.42. The van der Waals surface area contributed by atoms with Gasteiger partial charge in [0.15, 0.2) is 0 Å². The molecule has 0 saturated carbocycles. The number of aromatic nitrogens is 1. The number of rotatable bonds is 2. The minimum Gasteiger partial charge on any atom is -0.321 e. The summed E-state index contributed by atoms with van der Waals surface area (Å²) in [6.45, 7) is 3.92. The Labute approximate surface area is 135 Å². The molecule has 0 radical (unpaired) electrons. The predicted molar refractivity (Wildman–Crippen MR) is 85.8 cm³/mol. The number of benzene rings is 1. The van der Waals surface area contributed by atoms with Gasteiger partial charge in [-0.15, -0.1) is 0 Å². The van der Waals surface area contributed by atoms with Crippen molar-refractivity contribution in [1.29, 1.82) is 0 Å². The van der Waals surface area contributed by atoms with Gasteiger partial charge in [0.25, 0.3) is 5.91 Å². The van der Waals surface area contributed by atoms with E-state index < -0.39 is 0 Å². The standard InChI is InChI=1S/C14H11BrCl2N2O/c1-7-3-8(2)12(10(15)4-7)19-14(20)9-5-11(16)13(17)18-6-9/h3-6H,1-2H3,(H,19,20). The fourth-order valence-electron chi connectivity index (χ4n) is 1.81. The molecule has 1 aromatic heterocycles. The number of hydrogen-bond acceptors (Lipinski definition) is 2. The van der Waals surface area contributed by atoms with Gasteiger partial charge in [-0.25, -0.2) is 4.98 Å². The number of hydrogen-bond donors (Lipinski definition) is 1. The maximum absolute atomic E-state index is 12.2. The van der Waals surface area contributed by atoms with Crippen molar-refractivity contribution < 1.29 is 4.79 Å². The Bertz CT molecular complexity index is 666. The first-order valence-corrected chi connectivity index (χ1v) is 7.32. The monoisotopic (exact) mass is 372 g/mol. The van der Waals surface area contributed by atoms with Crippen molar-refractivity contribution in [2.45, 2.75) is 13.8 Å². The van der Waals surface area contributed by atoms with Crippen LogP contribution in [0.3, 0.4) is 0 Å². The number of carbonyl (C=O) groups excluding carboxylic acids is 1. The van der Waals surface area contributed by atoms with E-state index in [1.165, 1.54) is 12.3 Å². The summed E-state index contributed by atoms with van der Waals surface area (Å²) in [5.74, 6) is -0.288. The Morgan fingerprint density at radius 3 is 2.55 bits per heavy atom. The van der Waals surface area contributed by atoms with E-state index in [0.717, 1.165) is 21.3 Å². The van der Waals surface area contributed by atoms with Crippen LogP contribution in [0.15, 0.2) is 28.9 Å². The van der Waals surface area contributed by atoms with E-state index in [0.29, 0.717) is 5.56 Å². The van der Waals surface area contributed by atoms with Crippen LogP contribution in [0.1, 0.15) is 21.5 Å². The Balaban J connectivity index is 2.30. The van der Waals surface area contributed by atoms with E-state index in [1.54, 1.807) is 0 Å². The lowest BCUT2D eigenvalue weighted by atomic mass is 10.1. The highest BCUT2D eigenvalue weighted by Gasteiger charge is 2.13. The molecule has 0 unspecified atom stereocenters. The summed E-state index contributed by atoms with van der Waals surface area (Å²) < 4.78 is 0.830. The third-order valence-electron chi connectivity index (χ3n) is 2.73. The maximum Gasteiger partial charge on any atom is 0.257 e. The van der Waals surface area contributed by atoms with Crippen molar-refractivity contribution in [2.24, 2.45) is 0 Å². The Morgan fingerprint density at radius 1 is 1.25 bits per heavy atom. The number of aryl methyl sites for hydroxylation is 2. The van der Waals surface area contributed by atoms with E-state index in [9.17, 15) is 4.79 Å². The van der Waals surface area contributed by atoms with E-state index >= 15 is 0 Å². The van der Waals surface area contributed by atoms with Crippen molar-refractivity contribution in [3.05, 3.63) is 55.7 Å². The Hall–Kier alpha value is -1.10. The zero-order chi connectivity index (χ0) is 14.9. The minimum absolute atomic E-state index is 0.177. The molecule has 1 heterocycles. The van der Waals surface area contributed by atoms with Crippen LogP contribution in [0, 0.1) is 13.8 Å². The zero-order valence-corrected chi connectivity index (χ0v) is 13.9. The fraction of sp³-hybridized carbons (Fsp3) is 0.143. The molecular formula is C14H11BrCl2N2O. The van der Waals surface area contributed by atoms with Crippen molar-refractivity contribution in [3.63, 3.8) is 0 Å². The van der Waals surface area contributed by atoms with Gasteiger partial charge < -0.3 is 5.32 Å². The van der Waals surface area contributed by atoms with Crippen LogP contribution in [-0.2, 0) is 0 Å². The van der Waals surface area contributed by atoms with Crippen molar-refractivity contribution in [1.82, 2.24) is 4.98 Å². The van der Waals surface area contributed by atoms with E-state index in [1.807, 2.05) is 26.0 Å².